The van der Waals surface area contributed by atoms with Crippen molar-refractivity contribution in [2.45, 2.75) is 18.6 Å². The summed E-state index contributed by atoms with van der Waals surface area (Å²) in [7, 11) is 1.66. The van der Waals surface area contributed by atoms with E-state index in [0.717, 1.165) is 5.56 Å². The van der Waals surface area contributed by atoms with Crippen LogP contribution in [0.2, 0.25) is 0 Å². The number of hydrogen-bond donors (Lipinski definition) is 2. The Morgan fingerprint density at radius 2 is 2.16 bits per heavy atom. The molecule has 1 aliphatic heterocycles. The molecule has 0 fully saturated rings. The maximum Gasteiger partial charge on any atom is 0.392 e. The van der Waals surface area contributed by atoms with Crippen LogP contribution in [0.25, 0.3) is 0 Å². The van der Waals surface area contributed by atoms with Gasteiger partial charge in [0, 0.05) is 17.3 Å². The molecule has 2 N–H and O–H groups in total. The zero-order chi connectivity index (χ0) is 14.0. The van der Waals surface area contributed by atoms with Crippen LogP contribution in [0.1, 0.15) is 18.0 Å². The SMILES string of the molecule is CNC1C(=O)Nc2cc(OCCC(F)(F)F)ccc21. The Hall–Kier alpha value is -1.76. The van der Waals surface area contributed by atoms with Crippen molar-refractivity contribution in [2.75, 3.05) is 19.0 Å². The third kappa shape index (κ3) is 3.17. The lowest BCUT2D eigenvalue weighted by Gasteiger charge is -2.10. The molecule has 1 heterocycles. The summed E-state index contributed by atoms with van der Waals surface area (Å²) >= 11 is 0. The number of benzene rings is 1. The van der Waals surface area contributed by atoms with Crippen molar-refractivity contribution in [1.29, 1.82) is 0 Å². The highest BCUT2D eigenvalue weighted by atomic mass is 19.4. The van der Waals surface area contributed by atoms with Crippen molar-refractivity contribution >= 4 is 11.6 Å². The van der Waals surface area contributed by atoms with E-state index >= 15 is 0 Å². The summed E-state index contributed by atoms with van der Waals surface area (Å²) in [5.74, 6) is 0.116. The molecule has 1 aromatic carbocycles. The highest BCUT2D eigenvalue weighted by Crippen LogP contribution is 2.33. The lowest BCUT2D eigenvalue weighted by atomic mass is 10.1. The second-order valence-corrected chi connectivity index (χ2v) is 4.17. The number of carbonyl (C=O) groups is 1. The number of fused-ring (bicyclic) bond motifs is 1. The van der Waals surface area contributed by atoms with Gasteiger partial charge in [-0.25, -0.2) is 0 Å². The Labute approximate surface area is 107 Å². The van der Waals surface area contributed by atoms with Gasteiger partial charge in [-0.1, -0.05) is 6.07 Å². The van der Waals surface area contributed by atoms with Crippen molar-refractivity contribution < 1.29 is 22.7 Å². The smallest absolute Gasteiger partial charge is 0.392 e. The molecule has 0 bridgehead atoms. The molecule has 1 amide bonds. The van der Waals surface area contributed by atoms with E-state index in [-0.39, 0.29) is 5.91 Å². The molecule has 0 spiro atoms. The van der Waals surface area contributed by atoms with Gasteiger partial charge in [0.1, 0.15) is 11.8 Å². The van der Waals surface area contributed by atoms with Crippen LogP contribution >= 0.6 is 0 Å². The molecule has 2 rings (SSSR count). The summed E-state index contributed by atoms with van der Waals surface area (Å²) < 4.78 is 41.0. The van der Waals surface area contributed by atoms with Crippen LogP contribution in [-0.2, 0) is 4.79 Å². The van der Waals surface area contributed by atoms with Gasteiger partial charge in [-0.2, -0.15) is 13.2 Å². The molecule has 19 heavy (non-hydrogen) atoms. The summed E-state index contributed by atoms with van der Waals surface area (Å²) in [4.78, 5) is 11.6. The molecular weight excluding hydrogens is 261 g/mol. The van der Waals surface area contributed by atoms with Crippen LogP contribution in [0.5, 0.6) is 5.75 Å². The molecule has 1 aromatic rings. The van der Waals surface area contributed by atoms with Crippen molar-refractivity contribution in [3.8, 4) is 5.75 Å². The topological polar surface area (TPSA) is 50.4 Å². The zero-order valence-electron chi connectivity index (χ0n) is 10.2. The molecule has 1 aliphatic rings. The number of likely N-dealkylation sites (N-methyl/N-ethyl adjacent to an activating group) is 1. The Morgan fingerprint density at radius 3 is 2.79 bits per heavy atom. The van der Waals surface area contributed by atoms with Crippen molar-refractivity contribution in [2.24, 2.45) is 0 Å². The minimum absolute atomic E-state index is 0.190. The van der Waals surface area contributed by atoms with Crippen LogP contribution in [0.15, 0.2) is 18.2 Å². The fraction of sp³-hybridized carbons (Fsp3) is 0.417. The fourth-order valence-electron chi connectivity index (χ4n) is 1.90. The average Bonchev–Trinajstić information content (AvgIpc) is 2.61. The summed E-state index contributed by atoms with van der Waals surface area (Å²) in [6, 6.07) is 4.32. The summed E-state index contributed by atoms with van der Waals surface area (Å²) in [5.41, 5.74) is 1.32. The standard InChI is InChI=1S/C12H13F3N2O2/c1-16-10-8-3-2-7(6-9(8)17-11(10)18)19-5-4-12(13,14)15/h2-3,6,10,16H,4-5H2,1H3,(H,17,18). The molecule has 0 saturated heterocycles. The Kier molecular flexibility index (Phi) is 3.66. The summed E-state index contributed by atoms with van der Waals surface area (Å²) in [6.45, 7) is -0.439. The summed E-state index contributed by atoms with van der Waals surface area (Å²) in [6.07, 6.45) is -5.24. The highest BCUT2D eigenvalue weighted by molar-refractivity contribution is 6.02. The first kappa shape index (κ1) is 13.7. The molecule has 1 atom stereocenters. The van der Waals surface area contributed by atoms with Crippen molar-refractivity contribution in [3.63, 3.8) is 0 Å². The number of alkyl halides is 3. The average molecular weight is 274 g/mol. The van der Waals surface area contributed by atoms with Crippen LogP contribution < -0.4 is 15.4 Å². The van der Waals surface area contributed by atoms with E-state index in [1.807, 2.05) is 0 Å². The quantitative estimate of drug-likeness (QED) is 0.885. The highest BCUT2D eigenvalue weighted by Gasteiger charge is 2.30. The van der Waals surface area contributed by atoms with Crippen molar-refractivity contribution in [1.82, 2.24) is 5.32 Å². The van der Waals surface area contributed by atoms with Crippen LogP contribution in [0, 0.1) is 0 Å². The number of halogens is 3. The third-order valence-corrected chi connectivity index (χ3v) is 2.80. The maximum absolute atomic E-state index is 12.0. The van der Waals surface area contributed by atoms with Gasteiger partial charge in [0.25, 0.3) is 0 Å². The minimum atomic E-state index is -4.23. The van der Waals surface area contributed by atoms with Gasteiger partial charge in [0.05, 0.1) is 13.0 Å². The number of amides is 1. The molecule has 1 unspecified atom stereocenters. The first-order valence-corrected chi connectivity index (χ1v) is 5.72. The number of carbonyl (C=O) groups excluding carboxylic acids is 1. The molecule has 0 aromatic heterocycles. The molecule has 104 valence electrons. The second kappa shape index (κ2) is 5.08. The van der Waals surface area contributed by atoms with Crippen LogP contribution in [0.3, 0.4) is 0 Å². The monoisotopic (exact) mass is 274 g/mol. The van der Waals surface area contributed by atoms with Crippen LogP contribution in [0.4, 0.5) is 18.9 Å². The number of rotatable bonds is 4. The Balaban J connectivity index is 2.03. The number of hydrogen-bond acceptors (Lipinski definition) is 3. The Bertz CT molecular complexity index is 488. The fourth-order valence-corrected chi connectivity index (χ4v) is 1.90. The van der Waals surface area contributed by atoms with E-state index in [2.05, 4.69) is 10.6 Å². The number of nitrogens with one attached hydrogen (secondary N) is 2. The minimum Gasteiger partial charge on any atom is -0.493 e. The second-order valence-electron chi connectivity index (χ2n) is 4.17. The predicted molar refractivity (Wildman–Crippen MR) is 63.0 cm³/mol. The van der Waals surface area contributed by atoms with Gasteiger partial charge in [-0.05, 0) is 13.1 Å². The van der Waals surface area contributed by atoms with E-state index < -0.39 is 25.2 Å². The first-order valence-electron chi connectivity index (χ1n) is 5.72. The lowest BCUT2D eigenvalue weighted by Crippen LogP contribution is -2.23. The molecule has 0 radical (unpaired) electrons. The third-order valence-electron chi connectivity index (χ3n) is 2.80. The van der Waals surface area contributed by atoms with Gasteiger partial charge in [-0.15, -0.1) is 0 Å². The normalized spacial score (nSPS) is 18.1. The van der Waals surface area contributed by atoms with Crippen LogP contribution in [-0.4, -0.2) is 25.7 Å². The molecule has 4 nitrogen and oxygen atoms in total. The molecule has 7 heteroatoms. The van der Waals surface area contributed by atoms with Gasteiger partial charge in [-0.3, -0.25) is 4.79 Å². The lowest BCUT2D eigenvalue weighted by molar-refractivity contribution is -0.139. The largest absolute Gasteiger partial charge is 0.493 e. The van der Waals surface area contributed by atoms with Gasteiger partial charge in [0.2, 0.25) is 5.91 Å². The van der Waals surface area contributed by atoms with E-state index in [0.29, 0.717) is 11.4 Å². The molecular formula is C12H13F3N2O2. The van der Waals surface area contributed by atoms with E-state index in [4.69, 9.17) is 4.74 Å². The molecule has 0 aliphatic carbocycles. The van der Waals surface area contributed by atoms with E-state index in [1.54, 1.807) is 19.2 Å². The van der Waals surface area contributed by atoms with Gasteiger partial charge < -0.3 is 15.4 Å². The van der Waals surface area contributed by atoms with E-state index in [1.165, 1.54) is 6.07 Å². The van der Waals surface area contributed by atoms with Gasteiger partial charge in [0.15, 0.2) is 0 Å². The molecule has 0 saturated carbocycles. The van der Waals surface area contributed by atoms with Crippen molar-refractivity contribution in [3.05, 3.63) is 23.8 Å². The maximum atomic E-state index is 12.0. The predicted octanol–water partition coefficient (Wildman–Crippen LogP) is 2.23. The zero-order valence-corrected chi connectivity index (χ0v) is 10.2. The number of ether oxygens (including phenoxy) is 1. The number of anilines is 1. The first-order chi connectivity index (χ1) is 8.90. The van der Waals surface area contributed by atoms with Gasteiger partial charge >= 0.3 is 6.18 Å². The van der Waals surface area contributed by atoms with E-state index in [9.17, 15) is 18.0 Å². The summed E-state index contributed by atoms with van der Waals surface area (Å²) in [5, 5.41) is 5.49. The Morgan fingerprint density at radius 1 is 1.42 bits per heavy atom.